The van der Waals surface area contributed by atoms with Crippen LogP contribution in [0.3, 0.4) is 0 Å². The molecule has 2 aliphatic rings. The second-order valence-corrected chi connectivity index (χ2v) is 10.8. The van der Waals surface area contributed by atoms with Crippen molar-refractivity contribution in [1.29, 1.82) is 0 Å². The number of aryl methyl sites for hydroxylation is 1. The predicted octanol–water partition coefficient (Wildman–Crippen LogP) is 5.73. The summed E-state index contributed by atoms with van der Waals surface area (Å²) in [5.41, 5.74) is -0.656. The van der Waals surface area contributed by atoms with E-state index in [-0.39, 0.29) is 5.54 Å². The van der Waals surface area contributed by atoms with Gasteiger partial charge in [-0.25, -0.2) is 4.79 Å². The van der Waals surface area contributed by atoms with Crippen LogP contribution in [0.2, 0.25) is 0 Å². The fourth-order valence-electron chi connectivity index (χ4n) is 5.47. The van der Waals surface area contributed by atoms with E-state index in [0.29, 0.717) is 24.0 Å². The van der Waals surface area contributed by atoms with Crippen LogP contribution in [0.25, 0.3) is 10.1 Å². The lowest BCUT2D eigenvalue weighted by molar-refractivity contribution is -0.137. The normalized spacial score (nSPS) is 18.6. The molecule has 1 amide bonds. The maximum Gasteiger partial charge on any atom is 0.420 e. The van der Waals surface area contributed by atoms with Gasteiger partial charge in [0.15, 0.2) is 5.78 Å². The van der Waals surface area contributed by atoms with Crippen molar-refractivity contribution in [1.82, 2.24) is 19.6 Å². The van der Waals surface area contributed by atoms with Crippen LogP contribution >= 0.6 is 11.3 Å². The number of amides is 1. The van der Waals surface area contributed by atoms with E-state index in [9.17, 15) is 22.8 Å². The van der Waals surface area contributed by atoms with Gasteiger partial charge in [-0.15, -0.1) is 11.3 Å². The lowest BCUT2D eigenvalue weighted by Crippen LogP contribution is -2.53. The number of carbonyl (C=O) groups is 2. The van der Waals surface area contributed by atoms with Crippen LogP contribution in [0.15, 0.2) is 30.5 Å². The van der Waals surface area contributed by atoms with Gasteiger partial charge in [0.2, 0.25) is 0 Å². The molecule has 0 bridgehead atoms. The maximum absolute atomic E-state index is 13.3. The van der Waals surface area contributed by atoms with Gasteiger partial charge in [0.25, 0.3) is 0 Å². The number of likely N-dealkylation sites (tertiary alicyclic amines) is 2. The summed E-state index contributed by atoms with van der Waals surface area (Å²) >= 11 is 1.82. The van der Waals surface area contributed by atoms with Gasteiger partial charge in [-0.1, -0.05) is 12.1 Å². The van der Waals surface area contributed by atoms with Gasteiger partial charge >= 0.3 is 12.2 Å². The van der Waals surface area contributed by atoms with E-state index in [4.69, 9.17) is 0 Å². The Bertz CT molecular complexity index is 1290. The molecule has 5 rings (SSSR count). The summed E-state index contributed by atoms with van der Waals surface area (Å²) in [5, 5.41) is 4.94. The number of ketones is 1. The largest absolute Gasteiger partial charge is 0.420 e. The summed E-state index contributed by atoms with van der Waals surface area (Å²) in [6.07, 6.45) is -0.456. The van der Waals surface area contributed by atoms with Crippen molar-refractivity contribution in [2.75, 3.05) is 19.6 Å². The van der Waals surface area contributed by atoms with E-state index in [0.717, 1.165) is 45.7 Å². The van der Waals surface area contributed by atoms with Gasteiger partial charge in [-0.05, 0) is 62.2 Å². The third-order valence-electron chi connectivity index (χ3n) is 7.33. The molecule has 2 fully saturated rings. The summed E-state index contributed by atoms with van der Waals surface area (Å²) in [6.45, 7) is 5.86. The van der Waals surface area contributed by atoms with Crippen LogP contribution in [-0.4, -0.2) is 56.6 Å². The molecule has 0 radical (unpaired) electrons. The Morgan fingerprint density at radius 3 is 2.51 bits per heavy atom. The first-order chi connectivity index (χ1) is 16.6. The Labute approximate surface area is 205 Å². The van der Waals surface area contributed by atoms with E-state index in [1.54, 1.807) is 4.90 Å². The fraction of sp³-hybridized carbons (Fsp3) is 0.480. The summed E-state index contributed by atoms with van der Waals surface area (Å²) < 4.78 is 41.9. The van der Waals surface area contributed by atoms with Crippen molar-refractivity contribution in [3.8, 4) is 0 Å². The highest BCUT2D eigenvalue weighted by molar-refractivity contribution is 7.19. The molecule has 0 unspecified atom stereocenters. The molecule has 0 atom stereocenters. The number of nitrogens with zero attached hydrogens (tertiary/aromatic N) is 4. The Hall–Kier alpha value is -2.72. The minimum Gasteiger partial charge on any atom is -0.323 e. The topological polar surface area (TPSA) is 58.4 Å². The second kappa shape index (κ2) is 8.74. The zero-order chi connectivity index (χ0) is 25.0. The predicted molar refractivity (Wildman–Crippen MR) is 128 cm³/mol. The van der Waals surface area contributed by atoms with Gasteiger partial charge in [0, 0.05) is 47.9 Å². The summed E-state index contributed by atoms with van der Waals surface area (Å²) in [4.78, 5) is 30.0. The van der Waals surface area contributed by atoms with E-state index in [2.05, 4.69) is 41.2 Å². The average molecular weight is 505 g/mol. The van der Waals surface area contributed by atoms with Crippen LogP contribution in [0, 0.1) is 6.92 Å². The Morgan fingerprint density at radius 1 is 1.11 bits per heavy atom. The molecule has 35 heavy (non-hydrogen) atoms. The maximum atomic E-state index is 13.3. The minimum absolute atomic E-state index is 0.00530. The van der Waals surface area contributed by atoms with Crippen molar-refractivity contribution in [2.24, 2.45) is 0 Å². The molecular weight excluding hydrogens is 477 g/mol. The average Bonchev–Trinajstić information content (AvgIpc) is 3.51. The molecule has 0 saturated carbocycles. The molecule has 10 heteroatoms. The fourth-order valence-corrected chi connectivity index (χ4v) is 6.64. The number of aromatic nitrogens is 2. The van der Waals surface area contributed by atoms with Crippen molar-refractivity contribution >= 4 is 33.2 Å². The molecule has 4 heterocycles. The number of hydrogen-bond acceptors (Lipinski definition) is 5. The van der Waals surface area contributed by atoms with E-state index < -0.39 is 29.2 Å². The number of thiophene rings is 1. The molecule has 1 spiro atoms. The number of carbonyl (C=O) groups excluding carboxylic acids is 2. The third-order valence-corrected chi connectivity index (χ3v) is 8.41. The standard InChI is InChI=1S/C25H27F3N4O2S/c1-16-4-5-18-13-19(35-21(18)12-16)14-31-9-3-6-24(31)7-10-30(11-8-24)23(34)32-15-20(25(26,27)28)22(29-32)17(2)33/h4-5,12-13,15H,3,6-11,14H2,1-2H3. The monoisotopic (exact) mass is 504 g/mol. The van der Waals surface area contributed by atoms with Gasteiger partial charge in [0.05, 0.1) is 0 Å². The molecular formula is C25H27F3N4O2S. The molecule has 2 aromatic heterocycles. The quantitative estimate of drug-likeness (QED) is 0.428. The van der Waals surface area contributed by atoms with E-state index >= 15 is 0 Å². The van der Waals surface area contributed by atoms with Crippen LogP contribution in [0.4, 0.5) is 18.0 Å². The Balaban J connectivity index is 1.29. The first-order valence-corrected chi connectivity index (χ1v) is 12.6. The number of alkyl halides is 3. The van der Waals surface area contributed by atoms with E-state index in [1.165, 1.54) is 20.5 Å². The molecule has 1 aromatic carbocycles. The number of halogens is 3. The second-order valence-electron chi connectivity index (χ2n) is 9.66. The first kappa shape index (κ1) is 24.0. The number of piperidine rings is 1. The molecule has 3 aromatic rings. The number of fused-ring (bicyclic) bond motifs is 1. The molecule has 2 aliphatic heterocycles. The molecule has 2 saturated heterocycles. The molecule has 6 nitrogen and oxygen atoms in total. The van der Waals surface area contributed by atoms with Gasteiger partial charge < -0.3 is 4.90 Å². The zero-order valence-corrected chi connectivity index (χ0v) is 20.5. The lowest BCUT2D eigenvalue weighted by Gasteiger charge is -2.44. The smallest absolute Gasteiger partial charge is 0.323 e. The highest BCUT2D eigenvalue weighted by atomic mass is 32.1. The van der Waals surface area contributed by atoms with Crippen LogP contribution in [0.1, 0.15) is 59.1 Å². The van der Waals surface area contributed by atoms with Crippen LogP contribution in [0.5, 0.6) is 0 Å². The lowest BCUT2D eigenvalue weighted by atomic mass is 9.85. The van der Waals surface area contributed by atoms with Crippen molar-refractivity contribution in [3.05, 3.63) is 52.2 Å². The van der Waals surface area contributed by atoms with Gasteiger partial charge in [-0.2, -0.15) is 23.0 Å². The van der Waals surface area contributed by atoms with Gasteiger partial charge in [0.1, 0.15) is 11.3 Å². The molecule has 186 valence electrons. The van der Waals surface area contributed by atoms with E-state index in [1.807, 2.05) is 11.3 Å². The molecule has 0 N–H and O–H groups in total. The number of benzene rings is 1. The minimum atomic E-state index is -4.75. The SMILES string of the molecule is CC(=O)c1nn(C(=O)N2CCC3(CCCN3Cc3cc4ccc(C)cc4s3)CC2)cc1C(F)(F)F. The summed E-state index contributed by atoms with van der Waals surface area (Å²) in [7, 11) is 0. The number of Topliss-reactive ketones (excluding diaryl/α,β-unsaturated/α-hetero) is 1. The first-order valence-electron chi connectivity index (χ1n) is 11.8. The summed E-state index contributed by atoms with van der Waals surface area (Å²) in [6, 6.07) is 8.13. The number of hydrogen-bond donors (Lipinski definition) is 0. The Morgan fingerprint density at radius 2 is 1.86 bits per heavy atom. The van der Waals surface area contributed by atoms with Gasteiger partial charge in [-0.3, -0.25) is 9.69 Å². The number of rotatable bonds is 3. The van der Waals surface area contributed by atoms with Crippen molar-refractivity contribution < 1.29 is 22.8 Å². The molecule has 0 aliphatic carbocycles. The summed E-state index contributed by atoms with van der Waals surface area (Å²) in [5.74, 6) is -0.820. The van der Waals surface area contributed by atoms with Crippen LogP contribution in [-0.2, 0) is 12.7 Å². The third kappa shape index (κ3) is 4.49. The highest BCUT2D eigenvalue weighted by Crippen LogP contribution is 2.41. The highest BCUT2D eigenvalue weighted by Gasteiger charge is 2.44. The van der Waals surface area contributed by atoms with Crippen molar-refractivity contribution in [3.63, 3.8) is 0 Å². The zero-order valence-electron chi connectivity index (χ0n) is 19.7. The Kier molecular flexibility index (Phi) is 5.99. The van der Waals surface area contributed by atoms with Crippen LogP contribution < -0.4 is 0 Å². The van der Waals surface area contributed by atoms with Crippen molar-refractivity contribution in [2.45, 2.75) is 57.8 Å².